The minimum Gasteiger partial charge on any atom is -0.120 e. The second-order valence-electron chi connectivity index (χ2n) is 1.77. The maximum absolute atomic E-state index is 4.60. The number of allylic oxidation sites excluding steroid dienone is 1. The fourth-order valence-electron chi connectivity index (χ4n) is 0. The molecule has 0 spiro atoms. The van der Waals surface area contributed by atoms with Crippen LogP contribution in [0.2, 0.25) is 0 Å². The molecule has 0 aromatic carbocycles. The van der Waals surface area contributed by atoms with E-state index in [0.29, 0.717) is 5.92 Å². The summed E-state index contributed by atoms with van der Waals surface area (Å²) >= 11 is 0. The first kappa shape index (κ1) is 10.3. The van der Waals surface area contributed by atoms with Gasteiger partial charge in [-0.25, -0.2) is 0 Å². The van der Waals surface area contributed by atoms with Gasteiger partial charge in [-0.05, 0) is 12.8 Å². The van der Waals surface area contributed by atoms with Crippen LogP contribution in [-0.2, 0) is 0 Å². The first-order valence-corrected chi connectivity index (χ1v) is 2.68. The Hall–Kier alpha value is -0.700. The predicted octanol–water partition coefficient (Wildman–Crippen LogP) is 2.47. The van der Waals surface area contributed by atoms with Gasteiger partial charge in [0.15, 0.2) is 0 Å². The lowest BCUT2D eigenvalue weighted by Gasteiger charge is -1.84. The second-order valence-corrected chi connectivity index (χ2v) is 1.77. The van der Waals surface area contributed by atoms with Crippen molar-refractivity contribution in [2.45, 2.75) is 20.8 Å². The second kappa shape index (κ2) is 9.57. The number of hydrogen-bond acceptors (Lipinski definition) is 0. The Labute approximate surface area is 52.6 Å². The zero-order valence-corrected chi connectivity index (χ0v) is 5.94. The van der Waals surface area contributed by atoms with Crippen LogP contribution in [-0.4, -0.2) is 0 Å². The Morgan fingerprint density at radius 1 is 1.62 bits per heavy atom. The van der Waals surface area contributed by atoms with Crippen molar-refractivity contribution in [2.24, 2.45) is 5.92 Å². The van der Waals surface area contributed by atoms with Gasteiger partial charge in [0.1, 0.15) is 0 Å². The Morgan fingerprint density at radius 3 is 1.75 bits per heavy atom. The molecule has 0 nitrogen and oxygen atoms in total. The Morgan fingerprint density at radius 2 is 1.75 bits per heavy atom. The molecule has 0 unspecified atom stereocenters. The van der Waals surface area contributed by atoms with Crippen molar-refractivity contribution in [3.05, 3.63) is 12.7 Å². The first-order chi connectivity index (χ1) is 3.68. The molecule has 0 aliphatic carbocycles. The molecular weight excluding hydrogens is 96.1 g/mol. The minimum absolute atomic E-state index is 0.648. The van der Waals surface area contributed by atoms with E-state index in [1.165, 1.54) is 0 Å². The number of hydrogen-bond donors (Lipinski definition) is 0. The van der Waals surface area contributed by atoms with E-state index >= 15 is 0 Å². The van der Waals surface area contributed by atoms with E-state index in [9.17, 15) is 0 Å². The topological polar surface area (TPSA) is 0 Å². The smallest absolute Gasteiger partial charge is 0.00297 e. The van der Waals surface area contributed by atoms with E-state index in [1.54, 1.807) is 6.92 Å². The van der Waals surface area contributed by atoms with Crippen LogP contribution in [0.5, 0.6) is 0 Å². The summed E-state index contributed by atoms with van der Waals surface area (Å²) in [6.45, 7) is 9.42. The van der Waals surface area contributed by atoms with Gasteiger partial charge in [-0.15, -0.1) is 18.9 Å². The Kier molecular flexibility index (Phi) is 12.3. The van der Waals surface area contributed by atoms with Gasteiger partial charge in [-0.3, -0.25) is 0 Å². The molecule has 0 bridgehead atoms. The highest BCUT2D eigenvalue weighted by atomic mass is 13.8. The van der Waals surface area contributed by atoms with E-state index in [0.717, 1.165) is 0 Å². The summed E-state index contributed by atoms with van der Waals surface area (Å²) < 4.78 is 0. The number of terminal acetylenes is 1. The summed E-state index contributed by atoms with van der Waals surface area (Å²) in [6, 6.07) is 0. The summed E-state index contributed by atoms with van der Waals surface area (Å²) in [6.07, 6.45) is 6.51. The van der Waals surface area contributed by atoms with Gasteiger partial charge in [-0.2, -0.15) is 0 Å². The highest BCUT2D eigenvalue weighted by Gasteiger charge is 1.73. The predicted molar refractivity (Wildman–Crippen MR) is 39.5 cm³/mol. The molecule has 0 fully saturated rings. The normalized spacial score (nSPS) is 6.38. The molecule has 0 aromatic heterocycles. The van der Waals surface area contributed by atoms with Crippen LogP contribution >= 0.6 is 0 Å². The zero-order valence-electron chi connectivity index (χ0n) is 5.94. The maximum Gasteiger partial charge on any atom is -0.00297 e. The van der Waals surface area contributed by atoms with Crippen molar-refractivity contribution < 1.29 is 0 Å². The van der Waals surface area contributed by atoms with E-state index < -0.39 is 0 Å². The highest BCUT2D eigenvalue weighted by Crippen LogP contribution is 1.87. The van der Waals surface area contributed by atoms with Crippen molar-refractivity contribution >= 4 is 0 Å². The van der Waals surface area contributed by atoms with Crippen molar-refractivity contribution in [1.29, 1.82) is 0 Å². The van der Waals surface area contributed by atoms with Gasteiger partial charge in [0.25, 0.3) is 0 Å². The van der Waals surface area contributed by atoms with Gasteiger partial charge < -0.3 is 0 Å². The average molecular weight is 110 g/mol. The van der Waals surface area contributed by atoms with Crippen LogP contribution in [0.25, 0.3) is 0 Å². The van der Waals surface area contributed by atoms with Gasteiger partial charge in [-0.1, -0.05) is 19.9 Å². The van der Waals surface area contributed by atoms with Gasteiger partial charge >= 0.3 is 0 Å². The molecule has 0 aliphatic rings. The van der Waals surface area contributed by atoms with Crippen LogP contribution in [0.1, 0.15) is 20.8 Å². The standard InChI is InChI=1S/C5H10.C3H4/c1-4-5(2)3;1-3-2/h4-5H,1H2,2-3H3;1H,2H3. The van der Waals surface area contributed by atoms with Crippen molar-refractivity contribution in [3.63, 3.8) is 0 Å². The van der Waals surface area contributed by atoms with E-state index in [4.69, 9.17) is 0 Å². The van der Waals surface area contributed by atoms with Crippen LogP contribution in [0.3, 0.4) is 0 Å². The lowest BCUT2D eigenvalue weighted by atomic mass is 10.2. The fourth-order valence-corrected chi connectivity index (χ4v) is 0. The highest BCUT2D eigenvalue weighted by molar-refractivity contribution is 4.73. The average Bonchev–Trinajstić information content (AvgIpc) is 1.69. The minimum atomic E-state index is 0.648. The van der Waals surface area contributed by atoms with Gasteiger partial charge in [0, 0.05) is 0 Å². The molecule has 0 heteroatoms. The molecule has 0 saturated heterocycles. The fraction of sp³-hybridized carbons (Fsp3) is 0.500. The molecular formula is C8H14. The lowest BCUT2D eigenvalue weighted by Crippen LogP contribution is -1.71. The quantitative estimate of drug-likeness (QED) is 0.359. The van der Waals surface area contributed by atoms with Crippen LogP contribution in [0, 0.1) is 18.3 Å². The van der Waals surface area contributed by atoms with E-state index in [-0.39, 0.29) is 0 Å². The van der Waals surface area contributed by atoms with Crippen LogP contribution in [0.15, 0.2) is 12.7 Å². The van der Waals surface area contributed by atoms with E-state index in [2.05, 4.69) is 32.8 Å². The van der Waals surface area contributed by atoms with E-state index in [1.807, 2.05) is 6.08 Å². The molecule has 0 aliphatic heterocycles. The van der Waals surface area contributed by atoms with Crippen molar-refractivity contribution in [1.82, 2.24) is 0 Å². The SMILES string of the molecule is C#CC.C=CC(C)C. The third kappa shape index (κ3) is 58.0. The summed E-state index contributed by atoms with van der Waals surface area (Å²) in [5, 5.41) is 0. The summed E-state index contributed by atoms with van der Waals surface area (Å²) in [5.74, 6) is 2.90. The summed E-state index contributed by atoms with van der Waals surface area (Å²) in [5.41, 5.74) is 0. The lowest BCUT2D eigenvalue weighted by molar-refractivity contribution is 0.835. The zero-order chi connectivity index (χ0) is 6.99. The van der Waals surface area contributed by atoms with Crippen molar-refractivity contribution in [3.8, 4) is 12.3 Å². The Balaban J connectivity index is 0. The molecule has 0 heterocycles. The number of rotatable bonds is 1. The van der Waals surface area contributed by atoms with Gasteiger partial charge in [0.2, 0.25) is 0 Å². The van der Waals surface area contributed by atoms with Crippen molar-refractivity contribution in [2.75, 3.05) is 0 Å². The molecule has 0 rings (SSSR count). The molecule has 0 atom stereocenters. The molecule has 0 saturated carbocycles. The third-order valence-corrected chi connectivity index (χ3v) is 0.471. The molecule has 0 N–H and O–H groups in total. The van der Waals surface area contributed by atoms with Gasteiger partial charge in [0.05, 0.1) is 0 Å². The maximum atomic E-state index is 4.60. The Bertz CT molecular complexity index is 72.5. The molecule has 0 amide bonds. The van der Waals surface area contributed by atoms with Crippen LogP contribution in [0.4, 0.5) is 0 Å². The molecule has 8 heavy (non-hydrogen) atoms. The largest absolute Gasteiger partial charge is 0.120 e. The first-order valence-electron chi connectivity index (χ1n) is 2.68. The molecule has 0 aromatic rings. The summed E-state index contributed by atoms with van der Waals surface area (Å²) in [4.78, 5) is 0. The monoisotopic (exact) mass is 110 g/mol. The van der Waals surface area contributed by atoms with Crippen LogP contribution < -0.4 is 0 Å². The summed E-state index contributed by atoms with van der Waals surface area (Å²) in [7, 11) is 0. The molecule has 46 valence electrons. The molecule has 0 radical (unpaired) electrons. The third-order valence-electron chi connectivity index (χ3n) is 0.471.